The fourth-order valence-electron chi connectivity index (χ4n) is 3.90. The predicted octanol–water partition coefficient (Wildman–Crippen LogP) is 5.77. The lowest BCUT2D eigenvalue weighted by Gasteiger charge is -2.17. The molecule has 8 heteroatoms. The van der Waals surface area contributed by atoms with Crippen LogP contribution in [-0.2, 0) is 22.6 Å². The minimum atomic E-state index is -0.864. The van der Waals surface area contributed by atoms with E-state index in [2.05, 4.69) is 20.6 Å². The normalized spacial score (nSPS) is 11.7. The van der Waals surface area contributed by atoms with Crippen molar-refractivity contribution in [3.63, 3.8) is 0 Å². The van der Waals surface area contributed by atoms with Crippen molar-refractivity contribution in [2.45, 2.75) is 19.1 Å². The molecule has 1 atom stereocenters. The van der Waals surface area contributed by atoms with E-state index in [-0.39, 0.29) is 18.9 Å². The van der Waals surface area contributed by atoms with Crippen molar-refractivity contribution in [3.05, 3.63) is 108 Å². The van der Waals surface area contributed by atoms with Gasteiger partial charge in [0.25, 0.3) is 0 Å². The Morgan fingerprint density at radius 2 is 1.67 bits per heavy atom. The summed E-state index contributed by atoms with van der Waals surface area (Å²) in [7, 11) is 0. The lowest BCUT2D eigenvalue weighted by atomic mass is 10.0. The standard InChI is InChI=1S/C28H24N4O3S/c33-26(32-27-30-25(18-36-27)20-11-5-2-6-12-20)24(15-21-16-29-23-14-8-7-13-22(21)23)31-28(34)35-17-19-9-3-1-4-10-19/h1-14,16,18,24,29H,15,17H2,(H,31,34)(H,30,32,33)/t24-/m0/s1. The Morgan fingerprint density at radius 3 is 2.47 bits per heavy atom. The molecule has 5 rings (SSSR count). The van der Waals surface area contributed by atoms with Crippen LogP contribution >= 0.6 is 11.3 Å². The van der Waals surface area contributed by atoms with E-state index in [0.29, 0.717) is 5.13 Å². The van der Waals surface area contributed by atoms with Crippen molar-refractivity contribution in [2.75, 3.05) is 5.32 Å². The second-order valence-electron chi connectivity index (χ2n) is 8.22. The number of carbonyl (C=O) groups is 2. The zero-order valence-electron chi connectivity index (χ0n) is 19.3. The molecule has 0 saturated carbocycles. The molecule has 0 fully saturated rings. The van der Waals surface area contributed by atoms with E-state index >= 15 is 0 Å². The number of aromatic amines is 1. The van der Waals surface area contributed by atoms with Gasteiger partial charge in [-0.05, 0) is 17.2 Å². The molecule has 0 saturated heterocycles. The maximum Gasteiger partial charge on any atom is 0.408 e. The minimum absolute atomic E-state index is 0.112. The van der Waals surface area contributed by atoms with Gasteiger partial charge in [-0.1, -0.05) is 78.9 Å². The number of anilines is 1. The smallest absolute Gasteiger partial charge is 0.408 e. The molecular weight excluding hydrogens is 472 g/mol. The van der Waals surface area contributed by atoms with Crippen LogP contribution in [0.1, 0.15) is 11.1 Å². The summed E-state index contributed by atoms with van der Waals surface area (Å²) in [5, 5.41) is 8.94. The Labute approximate surface area is 212 Å². The number of hydrogen-bond acceptors (Lipinski definition) is 5. The number of para-hydroxylation sites is 1. The van der Waals surface area contributed by atoms with Crippen LogP contribution in [0, 0.1) is 0 Å². The second kappa shape index (κ2) is 10.9. The van der Waals surface area contributed by atoms with E-state index in [1.54, 1.807) is 0 Å². The largest absolute Gasteiger partial charge is 0.445 e. The zero-order chi connectivity index (χ0) is 24.7. The van der Waals surface area contributed by atoms with Gasteiger partial charge in [-0.3, -0.25) is 4.79 Å². The average Bonchev–Trinajstić information content (AvgIpc) is 3.55. The maximum absolute atomic E-state index is 13.3. The van der Waals surface area contributed by atoms with Crippen LogP contribution in [0.15, 0.2) is 96.5 Å². The third kappa shape index (κ3) is 5.61. The number of alkyl carbamates (subject to hydrolysis) is 1. The third-order valence-electron chi connectivity index (χ3n) is 5.72. The van der Waals surface area contributed by atoms with Gasteiger partial charge in [-0.25, -0.2) is 9.78 Å². The molecule has 2 amide bonds. The predicted molar refractivity (Wildman–Crippen MR) is 142 cm³/mol. The summed E-state index contributed by atoms with van der Waals surface area (Å²) in [6, 6.07) is 26.1. The Kier molecular flexibility index (Phi) is 7.05. The number of fused-ring (bicyclic) bond motifs is 1. The first-order valence-corrected chi connectivity index (χ1v) is 12.4. The molecule has 0 spiro atoms. The summed E-state index contributed by atoms with van der Waals surface area (Å²) in [6.07, 6.45) is 1.48. The Morgan fingerprint density at radius 1 is 0.944 bits per heavy atom. The van der Waals surface area contributed by atoms with E-state index in [4.69, 9.17) is 4.74 Å². The zero-order valence-corrected chi connectivity index (χ0v) is 20.1. The number of thiazole rings is 1. The summed E-state index contributed by atoms with van der Waals surface area (Å²) >= 11 is 1.33. The van der Waals surface area contributed by atoms with Gasteiger partial charge >= 0.3 is 6.09 Å². The number of rotatable bonds is 8. The van der Waals surface area contributed by atoms with Crippen LogP contribution in [0.5, 0.6) is 0 Å². The summed E-state index contributed by atoms with van der Waals surface area (Å²) in [5.74, 6) is -0.370. The number of aromatic nitrogens is 2. The average molecular weight is 497 g/mol. The summed E-state index contributed by atoms with van der Waals surface area (Å²) in [6.45, 7) is 0.112. The number of nitrogens with zero attached hydrogens (tertiary/aromatic N) is 1. The third-order valence-corrected chi connectivity index (χ3v) is 6.48. The maximum atomic E-state index is 13.3. The van der Waals surface area contributed by atoms with Crippen LogP contribution in [0.2, 0.25) is 0 Å². The van der Waals surface area contributed by atoms with Gasteiger partial charge in [-0.2, -0.15) is 0 Å². The van der Waals surface area contributed by atoms with Gasteiger partial charge in [-0.15, -0.1) is 11.3 Å². The highest BCUT2D eigenvalue weighted by molar-refractivity contribution is 7.14. The van der Waals surface area contributed by atoms with Gasteiger partial charge in [0.15, 0.2) is 5.13 Å². The first-order valence-electron chi connectivity index (χ1n) is 11.5. The topological polar surface area (TPSA) is 96.1 Å². The molecule has 2 aromatic heterocycles. The molecule has 0 aliphatic rings. The van der Waals surface area contributed by atoms with Crippen LogP contribution in [0.4, 0.5) is 9.93 Å². The molecule has 36 heavy (non-hydrogen) atoms. The van der Waals surface area contributed by atoms with Crippen molar-refractivity contribution >= 4 is 39.4 Å². The summed E-state index contributed by atoms with van der Waals surface area (Å²) in [5.41, 5.74) is 4.48. The lowest BCUT2D eigenvalue weighted by Crippen LogP contribution is -2.45. The number of nitrogens with one attached hydrogen (secondary N) is 3. The van der Waals surface area contributed by atoms with Crippen LogP contribution in [-0.4, -0.2) is 28.0 Å². The van der Waals surface area contributed by atoms with Crippen molar-refractivity contribution in [1.29, 1.82) is 0 Å². The fraction of sp³-hybridized carbons (Fsp3) is 0.107. The lowest BCUT2D eigenvalue weighted by molar-refractivity contribution is -0.118. The number of H-pyrrole nitrogens is 1. The van der Waals surface area contributed by atoms with Gasteiger partial charge in [0.05, 0.1) is 5.69 Å². The molecule has 0 aliphatic heterocycles. The van der Waals surface area contributed by atoms with Crippen molar-refractivity contribution < 1.29 is 14.3 Å². The molecule has 0 bridgehead atoms. The van der Waals surface area contributed by atoms with Crippen LogP contribution in [0.25, 0.3) is 22.2 Å². The van der Waals surface area contributed by atoms with Gasteiger partial charge in [0.2, 0.25) is 5.91 Å². The Balaban J connectivity index is 1.31. The molecular formula is C28H24N4O3S. The number of ether oxygens (including phenoxy) is 1. The van der Waals surface area contributed by atoms with E-state index in [9.17, 15) is 9.59 Å². The summed E-state index contributed by atoms with van der Waals surface area (Å²) in [4.78, 5) is 33.7. The second-order valence-corrected chi connectivity index (χ2v) is 9.07. The molecule has 2 heterocycles. The van der Waals surface area contributed by atoms with Crippen LogP contribution in [0.3, 0.4) is 0 Å². The fourth-order valence-corrected chi connectivity index (χ4v) is 4.62. The highest BCUT2D eigenvalue weighted by atomic mass is 32.1. The molecule has 5 aromatic rings. The highest BCUT2D eigenvalue weighted by Gasteiger charge is 2.24. The van der Waals surface area contributed by atoms with Gasteiger partial charge < -0.3 is 20.4 Å². The molecule has 0 radical (unpaired) electrons. The first kappa shape index (κ1) is 23.3. The van der Waals surface area contributed by atoms with E-state index in [1.807, 2.05) is 96.5 Å². The molecule has 3 aromatic carbocycles. The summed E-state index contributed by atoms with van der Waals surface area (Å²) < 4.78 is 5.38. The van der Waals surface area contributed by atoms with E-state index in [1.165, 1.54) is 11.3 Å². The number of carbonyl (C=O) groups excluding carboxylic acids is 2. The monoisotopic (exact) mass is 496 g/mol. The SMILES string of the molecule is O=C(N[C@@H](Cc1c[nH]c2ccccc12)C(=O)Nc1nc(-c2ccccc2)cs1)OCc1ccccc1. The number of benzene rings is 3. The molecule has 3 N–H and O–H groups in total. The molecule has 7 nitrogen and oxygen atoms in total. The van der Waals surface area contributed by atoms with E-state index < -0.39 is 12.1 Å². The van der Waals surface area contributed by atoms with E-state index in [0.717, 1.165) is 33.3 Å². The molecule has 0 unspecified atom stereocenters. The minimum Gasteiger partial charge on any atom is -0.445 e. The van der Waals surface area contributed by atoms with Gasteiger partial charge in [0.1, 0.15) is 12.6 Å². The Hall–Kier alpha value is -4.43. The van der Waals surface area contributed by atoms with Crippen molar-refractivity contribution in [3.8, 4) is 11.3 Å². The first-order chi connectivity index (χ1) is 17.7. The highest BCUT2D eigenvalue weighted by Crippen LogP contribution is 2.25. The van der Waals surface area contributed by atoms with Crippen molar-refractivity contribution in [1.82, 2.24) is 15.3 Å². The van der Waals surface area contributed by atoms with Crippen LogP contribution < -0.4 is 10.6 Å². The van der Waals surface area contributed by atoms with Gasteiger partial charge in [0, 0.05) is 34.5 Å². The quantitative estimate of drug-likeness (QED) is 0.254. The van der Waals surface area contributed by atoms with Crippen molar-refractivity contribution in [2.24, 2.45) is 0 Å². The molecule has 180 valence electrons. The number of amides is 2. The number of hydrogen-bond donors (Lipinski definition) is 3. The molecule has 0 aliphatic carbocycles. The Bertz CT molecular complexity index is 1460.